The summed E-state index contributed by atoms with van der Waals surface area (Å²) >= 11 is -1.63. The van der Waals surface area contributed by atoms with Gasteiger partial charge in [0.2, 0.25) is 0 Å². The van der Waals surface area contributed by atoms with E-state index in [2.05, 4.69) is 0 Å². The maximum absolute atomic E-state index is 9.99. The van der Waals surface area contributed by atoms with Gasteiger partial charge in [0, 0.05) is 0 Å². The van der Waals surface area contributed by atoms with E-state index in [1.807, 2.05) is 0 Å². The van der Waals surface area contributed by atoms with E-state index in [-0.39, 0.29) is 6.10 Å². The quantitative estimate of drug-likeness (QED) is 0.438. The van der Waals surface area contributed by atoms with E-state index in [1.165, 1.54) is 0 Å². The third-order valence-electron chi connectivity index (χ3n) is 1.02. The van der Waals surface area contributed by atoms with Gasteiger partial charge in [-0.05, 0) is 6.42 Å². The van der Waals surface area contributed by atoms with Gasteiger partial charge in [0.15, 0.2) is 11.1 Å². The van der Waals surface area contributed by atoms with Crippen molar-refractivity contribution in [3.8, 4) is 0 Å². The lowest BCUT2D eigenvalue weighted by Gasteiger charge is -1.86. The Morgan fingerprint density at radius 1 is 1.88 bits per heavy atom. The summed E-state index contributed by atoms with van der Waals surface area (Å²) in [7, 11) is 0. The van der Waals surface area contributed by atoms with Crippen LogP contribution < -0.4 is 0 Å². The predicted octanol–water partition coefficient (Wildman–Crippen LogP) is -0.00300. The highest BCUT2D eigenvalue weighted by Crippen LogP contribution is 2.12. The maximum Gasteiger partial charge on any atom is 0.152 e. The molecule has 1 aliphatic heterocycles. The molecule has 1 fully saturated rings. The van der Waals surface area contributed by atoms with Gasteiger partial charge in [0.05, 0.1) is 18.5 Å². The second-order valence-electron chi connectivity index (χ2n) is 1.77. The van der Waals surface area contributed by atoms with Crippen molar-refractivity contribution >= 4 is 11.1 Å². The number of epoxide rings is 1. The molecule has 0 spiro atoms. The molecule has 2 unspecified atom stereocenters. The van der Waals surface area contributed by atoms with Crippen molar-refractivity contribution in [3.05, 3.63) is 0 Å². The number of hydrogen-bond acceptors (Lipinski definition) is 2. The van der Waals surface area contributed by atoms with E-state index in [0.29, 0.717) is 5.75 Å². The fourth-order valence-electron chi connectivity index (χ4n) is 0.467. The van der Waals surface area contributed by atoms with Crippen LogP contribution in [0.25, 0.3) is 0 Å². The first-order valence-corrected chi connectivity index (χ1v) is 3.75. The molecule has 0 aliphatic carbocycles. The van der Waals surface area contributed by atoms with Gasteiger partial charge in [-0.25, -0.2) is 4.21 Å². The third-order valence-corrected chi connectivity index (χ3v) is 1.60. The highest BCUT2D eigenvalue weighted by molar-refractivity contribution is 7.79. The minimum Gasteiger partial charge on any atom is -0.373 e. The lowest BCUT2D eigenvalue weighted by molar-refractivity contribution is 0.402. The molecule has 0 radical (unpaired) electrons. The summed E-state index contributed by atoms with van der Waals surface area (Å²) in [6, 6.07) is 0. The minimum atomic E-state index is -1.63. The van der Waals surface area contributed by atoms with Crippen LogP contribution in [0.3, 0.4) is 0 Å². The van der Waals surface area contributed by atoms with Crippen molar-refractivity contribution in [1.29, 1.82) is 0 Å². The van der Waals surface area contributed by atoms with Crippen LogP contribution >= 0.6 is 0 Å². The van der Waals surface area contributed by atoms with Gasteiger partial charge >= 0.3 is 0 Å². The van der Waals surface area contributed by atoms with E-state index >= 15 is 0 Å². The van der Waals surface area contributed by atoms with Crippen LogP contribution in [0.2, 0.25) is 0 Å². The van der Waals surface area contributed by atoms with Crippen molar-refractivity contribution in [2.24, 2.45) is 0 Å². The Bertz CT molecular complexity index is 99.5. The molecule has 2 atom stereocenters. The van der Waals surface area contributed by atoms with Crippen molar-refractivity contribution in [2.45, 2.75) is 12.5 Å². The third kappa shape index (κ3) is 2.40. The zero-order valence-electron chi connectivity index (χ0n) is 4.37. The molecule has 3 nitrogen and oxygen atoms in total. The Morgan fingerprint density at radius 3 is 2.88 bits per heavy atom. The second-order valence-corrected chi connectivity index (χ2v) is 2.82. The van der Waals surface area contributed by atoms with E-state index in [4.69, 9.17) is 9.29 Å². The molecular weight excluding hydrogens is 128 g/mol. The molecule has 1 N–H and O–H groups in total. The molecule has 1 rings (SSSR count). The summed E-state index contributed by atoms with van der Waals surface area (Å²) in [4.78, 5) is 0. The van der Waals surface area contributed by atoms with Crippen LogP contribution in [0.15, 0.2) is 0 Å². The van der Waals surface area contributed by atoms with E-state index in [0.717, 1.165) is 13.0 Å². The molecule has 0 bridgehead atoms. The summed E-state index contributed by atoms with van der Waals surface area (Å²) in [6.07, 6.45) is 1.01. The van der Waals surface area contributed by atoms with Gasteiger partial charge in [0.1, 0.15) is 0 Å². The average Bonchev–Trinajstić information content (AvgIpc) is 2.41. The van der Waals surface area contributed by atoms with Crippen LogP contribution in [0.5, 0.6) is 0 Å². The monoisotopic (exact) mass is 136 g/mol. The maximum atomic E-state index is 9.99. The predicted molar refractivity (Wildman–Crippen MR) is 30.0 cm³/mol. The lowest BCUT2D eigenvalue weighted by Crippen LogP contribution is -1.98. The van der Waals surface area contributed by atoms with Gasteiger partial charge in [-0.2, -0.15) is 0 Å². The summed E-state index contributed by atoms with van der Waals surface area (Å²) < 4.78 is 23.0. The number of hydrogen-bond donors (Lipinski definition) is 1. The fraction of sp³-hybridized carbons (Fsp3) is 1.00. The molecule has 1 saturated heterocycles. The van der Waals surface area contributed by atoms with Gasteiger partial charge in [0.25, 0.3) is 0 Å². The Hall–Kier alpha value is 0.0700. The van der Waals surface area contributed by atoms with E-state index in [9.17, 15) is 4.21 Å². The second kappa shape index (κ2) is 2.57. The molecule has 0 aromatic rings. The highest BCUT2D eigenvalue weighted by Gasteiger charge is 2.22. The van der Waals surface area contributed by atoms with E-state index in [1.54, 1.807) is 0 Å². The Morgan fingerprint density at radius 2 is 2.50 bits per heavy atom. The molecule has 1 heterocycles. The highest BCUT2D eigenvalue weighted by atomic mass is 32.2. The molecule has 48 valence electrons. The zero-order valence-corrected chi connectivity index (χ0v) is 5.19. The normalized spacial score (nSPS) is 29.9. The first-order chi connectivity index (χ1) is 3.79. The lowest BCUT2D eigenvalue weighted by atomic mass is 10.4. The molecule has 4 heteroatoms. The van der Waals surface area contributed by atoms with Crippen LogP contribution in [0.4, 0.5) is 0 Å². The number of rotatable bonds is 3. The van der Waals surface area contributed by atoms with Crippen molar-refractivity contribution < 1.29 is 13.5 Å². The molecule has 1 aliphatic rings. The summed E-state index contributed by atoms with van der Waals surface area (Å²) in [5.41, 5.74) is 0. The molecule has 0 aromatic carbocycles. The Balaban J connectivity index is 1.95. The van der Waals surface area contributed by atoms with Crippen LogP contribution in [0.1, 0.15) is 6.42 Å². The Labute approximate surface area is 50.3 Å². The van der Waals surface area contributed by atoms with Crippen LogP contribution in [-0.4, -0.2) is 27.2 Å². The van der Waals surface area contributed by atoms with Gasteiger partial charge in [-0.1, -0.05) is 0 Å². The molecule has 0 amide bonds. The van der Waals surface area contributed by atoms with Crippen molar-refractivity contribution in [3.63, 3.8) is 0 Å². The van der Waals surface area contributed by atoms with Crippen LogP contribution in [0, 0.1) is 0 Å². The molecule has 0 aromatic heterocycles. The minimum absolute atomic E-state index is 0.283. The van der Waals surface area contributed by atoms with Crippen LogP contribution in [-0.2, 0) is 15.8 Å². The molecular formula is C4H8O3S. The number of ether oxygens (including phenoxy) is 1. The smallest absolute Gasteiger partial charge is 0.152 e. The zero-order chi connectivity index (χ0) is 5.98. The fourth-order valence-corrected chi connectivity index (χ4v) is 0.931. The largest absolute Gasteiger partial charge is 0.373 e. The first kappa shape index (κ1) is 6.19. The summed E-state index contributed by atoms with van der Waals surface area (Å²) in [5.74, 6) is 0.352. The topological polar surface area (TPSA) is 49.8 Å². The van der Waals surface area contributed by atoms with E-state index < -0.39 is 11.1 Å². The standard InChI is InChI=1S/C4H8O3S/c5-8(6)2-1-4-3-7-4/h4H,1-3H2,(H,5,6). The molecule has 8 heavy (non-hydrogen) atoms. The van der Waals surface area contributed by atoms with Gasteiger partial charge in [-0.3, -0.25) is 0 Å². The molecule has 0 saturated carbocycles. The van der Waals surface area contributed by atoms with Crippen molar-refractivity contribution in [1.82, 2.24) is 0 Å². The van der Waals surface area contributed by atoms with Crippen molar-refractivity contribution in [2.75, 3.05) is 12.4 Å². The van der Waals surface area contributed by atoms with Gasteiger partial charge in [-0.15, -0.1) is 0 Å². The summed E-state index contributed by atoms with van der Waals surface area (Å²) in [5, 5.41) is 0. The van der Waals surface area contributed by atoms with Gasteiger partial charge < -0.3 is 9.29 Å². The SMILES string of the molecule is O=S(O)CCC1CO1. The summed E-state index contributed by atoms with van der Waals surface area (Å²) in [6.45, 7) is 0.775. The Kier molecular flexibility index (Phi) is 1.99. The first-order valence-electron chi connectivity index (χ1n) is 2.48. The average molecular weight is 136 g/mol.